The van der Waals surface area contributed by atoms with Gasteiger partial charge in [-0.2, -0.15) is 5.10 Å². The second-order valence-corrected chi connectivity index (χ2v) is 4.00. The van der Waals surface area contributed by atoms with Crippen molar-refractivity contribution in [2.75, 3.05) is 5.43 Å². The van der Waals surface area contributed by atoms with Crippen LogP contribution in [0.5, 0.6) is 0 Å². The standard InChI is InChI=1S/C15H14N2O2/c18-15(19)14(11-12-7-3-1-4-8-12)17-16-13-9-5-2-6-10-13/h1-10,16H,11H2,(H,18,19). The molecule has 0 spiro atoms. The Hall–Kier alpha value is -2.62. The fourth-order valence-corrected chi connectivity index (χ4v) is 1.60. The molecule has 0 heterocycles. The van der Waals surface area contributed by atoms with Gasteiger partial charge in [-0.1, -0.05) is 48.5 Å². The first kappa shape index (κ1) is 12.8. The normalized spacial score (nSPS) is 11.1. The van der Waals surface area contributed by atoms with Crippen molar-refractivity contribution in [1.82, 2.24) is 0 Å². The van der Waals surface area contributed by atoms with Crippen LogP contribution in [0.3, 0.4) is 0 Å². The summed E-state index contributed by atoms with van der Waals surface area (Å²) in [5, 5.41) is 13.1. The summed E-state index contributed by atoms with van der Waals surface area (Å²) in [4.78, 5) is 11.2. The molecule has 2 aromatic rings. The third-order valence-corrected chi connectivity index (χ3v) is 2.56. The number of carbonyl (C=O) groups is 1. The second kappa shape index (κ2) is 6.35. The van der Waals surface area contributed by atoms with E-state index >= 15 is 0 Å². The molecular weight excluding hydrogens is 240 g/mol. The van der Waals surface area contributed by atoms with Crippen LogP contribution in [0.25, 0.3) is 0 Å². The molecule has 2 aromatic carbocycles. The van der Waals surface area contributed by atoms with E-state index in [1.807, 2.05) is 60.7 Å². The van der Waals surface area contributed by atoms with Gasteiger partial charge >= 0.3 is 5.97 Å². The summed E-state index contributed by atoms with van der Waals surface area (Å²) in [6.45, 7) is 0. The molecule has 0 aliphatic carbocycles. The molecule has 0 aromatic heterocycles. The Morgan fingerprint density at radius 2 is 1.58 bits per heavy atom. The van der Waals surface area contributed by atoms with Crippen LogP contribution >= 0.6 is 0 Å². The fourth-order valence-electron chi connectivity index (χ4n) is 1.60. The quantitative estimate of drug-likeness (QED) is 0.637. The Kier molecular flexibility index (Phi) is 4.29. The van der Waals surface area contributed by atoms with Crippen LogP contribution in [0.4, 0.5) is 5.69 Å². The maximum atomic E-state index is 11.2. The highest BCUT2D eigenvalue weighted by Gasteiger charge is 2.10. The lowest BCUT2D eigenvalue weighted by molar-refractivity contribution is -0.129. The minimum atomic E-state index is -1.02. The summed E-state index contributed by atoms with van der Waals surface area (Å²) in [7, 11) is 0. The first-order chi connectivity index (χ1) is 9.25. The number of rotatable bonds is 5. The van der Waals surface area contributed by atoms with Crippen molar-refractivity contribution in [2.45, 2.75) is 6.42 Å². The maximum absolute atomic E-state index is 11.2. The van der Waals surface area contributed by atoms with E-state index in [9.17, 15) is 4.79 Å². The van der Waals surface area contributed by atoms with Crippen molar-refractivity contribution in [3.05, 3.63) is 66.2 Å². The van der Waals surface area contributed by atoms with Crippen molar-refractivity contribution >= 4 is 17.4 Å². The van der Waals surface area contributed by atoms with E-state index in [1.165, 1.54) is 0 Å². The molecule has 0 saturated heterocycles. The number of carboxylic acid groups (broad SMARTS) is 1. The first-order valence-corrected chi connectivity index (χ1v) is 5.90. The Balaban J connectivity index is 2.10. The summed E-state index contributed by atoms with van der Waals surface area (Å²) < 4.78 is 0. The van der Waals surface area contributed by atoms with Gasteiger partial charge in [-0.3, -0.25) is 5.43 Å². The van der Waals surface area contributed by atoms with Gasteiger partial charge in [0.1, 0.15) is 5.71 Å². The topological polar surface area (TPSA) is 61.7 Å². The number of anilines is 1. The lowest BCUT2D eigenvalue weighted by Gasteiger charge is -2.04. The molecule has 0 atom stereocenters. The van der Waals surface area contributed by atoms with Gasteiger partial charge in [0, 0.05) is 6.42 Å². The third kappa shape index (κ3) is 3.96. The van der Waals surface area contributed by atoms with E-state index in [-0.39, 0.29) is 12.1 Å². The average Bonchev–Trinajstić information content (AvgIpc) is 2.45. The summed E-state index contributed by atoms with van der Waals surface area (Å²) >= 11 is 0. The van der Waals surface area contributed by atoms with Gasteiger partial charge in [-0.05, 0) is 17.7 Å². The number of benzene rings is 2. The number of nitrogens with one attached hydrogen (secondary N) is 1. The predicted octanol–water partition coefficient (Wildman–Crippen LogP) is 2.78. The molecule has 2 rings (SSSR count). The van der Waals surface area contributed by atoms with Crippen LogP contribution < -0.4 is 5.43 Å². The van der Waals surface area contributed by atoms with Crippen molar-refractivity contribution in [2.24, 2.45) is 5.10 Å². The predicted molar refractivity (Wildman–Crippen MR) is 75.3 cm³/mol. The Bertz CT molecular complexity index is 565. The van der Waals surface area contributed by atoms with Gasteiger partial charge in [0.05, 0.1) is 5.69 Å². The van der Waals surface area contributed by atoms with Crippen molar-refractivity contribution in [3.8, 4) is 0 Å². The number of hydrogen-bond acceptors (Lipinski definition) is 3. The minimum absolute atomic E-state index is 0.0788. The van der Waals surface area contributed by atoms with Gasteiger partial charge in [0.15, 0.2) is 0 Å². The molecule has 4 nitrogen and oxygen atoms in total. The number of nitrogens with zero attached hydrogens (tertiary/aromatic N) is 1. The molecule has 0 fully saturated rings. The molecule has 4 heteroatoms. The molecule has 19 heavy (non-hydrogen) atoms. The van der Waals surface area contributed by atoms with Gasteiger partial charge in [-0.15, -0.1) is 0 Å². The molecule has 0 radical (unpaired) electrons. The zero-order valence-corrected chi connectivity index (χ0v) is 10.3. The van der Waals surface area contributed by atoms with Gasteiger partial charge in [0.25, 0.3) is 0 Å². The van der Waals surface area contributed by atoms with E-state index in [0.717, 1.165) is 11.3 Å². The maximum Gasteiger partial charge on any atom is 0.352 e. The van der Waals surface area contributed by atoms with Crippen molar-refractivity contribution in [1.29, 1.82) is 0 Å². The monoisotopic (exact) mass is 254 g/mol. The molecule has 2 N–H and O–H groups in total. The van der Waals surface area contributed by atoms with Gasteiger partial charge in [-0.25, -0.2) is 4.79 Å². The largest absolute Gasteiger partial charge is 0.477 e. The zero-order chi connectivity index (χ0) is 13.5. The van der Waals surface area contributed by atoms with Crippen LogP contribution in [0, 0.1) is 0 Å². The SMILES string of the molecule is O=C(O)C(Cc1ccccc1)=NNc1ccccc1. The van der Waals surface area contributed by atoms with E-state index in [2.05, 4.69) is 10.5 Å². The van der Waals surface area contributed by atoms with Crippen LogP contribution in [-0.2, 0) is 11.2 Å². The van der Waals surface area contributed by atoms with Crippen LogP contribution in [0.2, 0.25) is 0 Å². The highest BCUT2D eigenvalue weighted by molar-refractivity contribution is 6.36. The molecule has 0 amide bonds. The first-order valence-electron chi connectivity index (χ1n) is 5.90. The lowest BCUT2D eigenvalue weighted by atomic mass is 10.1. The summed E-state index contributed by atoms with van der Waals surface area (Å²) in [5.41, 5.74) is 4.51. The highest BCUT2D eigenvalue weighted by atomic mass is 16.4. The summed E-state index contributed by atoms with van der Waals surface area (Å²) in [5.74, 6) is -1.02. The van der Waals surface area contributed by atoms with E-state index < -0.39 is 5.97 Å². The van der Waals surface area contributed by atoms with Crippen LogP contribution in [0.1, 0.15) is 5.56 Å². The van der Waals surface area contributed by atoms with Crippen molar-refractivity contribution in [3.63, 3.8) is 0 Å². The lowest BCUT2D eigenvalue weighted by Crippen LogP contribution is -2.17. The van der Waals surface area contributed by atoms with Crippen molar-refractivity contribution < 1.29 is 9.90 Å². The highest BCUT2D eigenvalue weighted by Crippen LogP contribution is 2.06. The Labute approximate surface area is 111 Å². The smallest absolute Gasteiger partial charge is 0.352 e. The fraction of sp³-hybridized carbons (Fsp3) is 0.0667. The number of hydrazone groups is 1. The second-order valence-electron chi connectivity index (χ2n) is 4.00. The Morgan fingerprint density at radius 1 is 1.00 bits per heavy atom. The number of para-hydroxylation sites is 1. The molecule has 0 saturated carbocycles. The average molecular weight is 254 g/mol. The summed E-state index contributed by atoms with van der Waals surface area (Å²) in [6.07, 6.45) is 0.288. The van der Waals surface area contributed by atoms with E-state index in [1.54, 1.807) is 0 Å². The molecule has 96 valence electrons. The van der Waals surface area contributed by atoms with Gasteiger partial charge in [0.2, 0.25) is 0 Å². The zero-order valence-electron chi connectivity index (χ0n) is 10.3. The third-order valence-electron chi connectivity index (χ3n) is 2.56. The van der Waals surface area contributed by atoms with E-state index in [4.69, 9.17) is 5.11 Å². The van der Waals surface area contributed by atoms with E-state index in [0.29, 0.717) is 0 Å². The molecular formula is C15H14N2O2. The van der Waals surface area contributed by atoms with Crippen LogP contribution in [0.15, 0.2) is 65.8 Å². The molecule has 0 aliphatic rings. The van der Waals surface area contributed by atoms with Gasteiger partial charge < -0.3 is 5.11 Å². The number of carboxylic acids is 1. The summed E-state index contributed by atoms with van der Waals surface area (Å²) in [6, 6.07) is 18.6. The number of aliphatic carboxylic acids is 1. The Morgan fingerprint density at radius 3 is 2.16 bits per heavy atom. The van der Waals surface area contributed by atoms with Crippen LogP contribution in [-0.4, -0.2) is 16.8 Å². The minimum Gasteiger partial charge on any atom is -0.477 e. The number of hydrogen-bond donors (Lipinski definition) is 2. The molecule has 0 bridgehead atoms. The molecule has 0 aliphatic heterocycles. The molecule has 0 unspecified atom stereocenters.